The van der Waals surface area contributed by atoms with E-state index in [9.17, 15) is 32.5 Å². The molecule has 1 heterocycles. The summed E-state index contributed by atoms with van der Waals surface area (Å²) in [5, 5.41) is 16.6. The van der Waals surface area contributed by atoms with E-state index in [1.165, 1.54) is 13.0 Å². The zero-order chi connectivity index (χ0) is 26.9. The summed E-state index contributed by atoms with van der Waals surface area (Å²) in [5.74, 6) is -4.22. The summed E-state index contributed by atoms with van der Waals surface area (Å²) in [7, 11) is -3.82. The zero-order valence-electron chi connectivity index (χ0n) is 19.3. The SMILES string of the molecule is COC(=O)c1cc(Cl)c([N+](=O)[O-])cc1S(=O)(=O)N[C@H](c1n[nH]c(=O)o1)[C@H](C)c1c(F)ccc(C)c1C. The Balaban J connectivity index is 2.22. The average molecular weight is 543 g/mol. The van der Waals surface area contributed by atoms with E-state index in [2.05, 4.69) is 14.6 Å². The summed E-state index contributed by atoms with van der Waals surface area (Å²) in [6, 6.07) is 2.65. The fourth-order valence-electron chi connectivity index (χ4n) is 3.68. The molecule has 1 aromatic heterocycles. The highest BCUT2D eigenvalue weighted by atomic mass is 35.5. The van der Waals surface area contributed by atoms with Gasteiger partial charge in [-0.05, 0) is 42.7 Å². The van der Waals surface area contributed by atoms with Crippen molar-refractivity contribution in [3.63, 3.8) is 0 Å². The average Bonchev–Trinajstić information content (AvgIpc) is 3.24. The quantitative estimate of drug-likeness (QED) is 0.246. The molecule has 0 unspecified atom stereocenters. The molecular weight excluding hydrogens is 523 g/mol. The van der Waals surface area contributed by atoms with Crippen molar-refractivity contribution >= 4 is 33.3 Å². The number of rotatable bonds is 8. The molecule has 0 bridgehead atoms. The molecule has 12 nitrogen and oxygen atoms in total. The highest BCUT2D eigenvalue weighted by Crippen LogP contribution is 2.37. The van der Waals surface area contributed by atoms with E-state index in [1.54, 1.807) is 19.9 Å². The molecule has 36 heavy (non-hydrogen) atoms. The molecule has 192 valence electrons. The van der Waals surface area contributed by atoms with Crippen LogP contribution in [-0.2, 0) is 14.8 Å². The summed E-state index contributed by atoms with van der Waals surface area (Å²) in [6.07, 6.45) is 0. The first-order chi connectivity index (χ1) is 16.8. The van der Waals surface area contributed by atoms with Gasteiger partial charge in [0.1, 0.15) is 21.8 Å². The van der Waals surface area contributed by atoms with Crippen molar-refractivity contribution < 1.29 is 31.7 Å². The Bertz CT molecular complexity index is 1520. The number of halogens is 2. The van der Waals surface area contributed by atoms with Crippen LogP contribution in [-0.4, -0.2) is 36.6 Å². The molecule has 0 aliphatic heterocycles. The lowest BCUT2D eigenvalue weighted by Gasteiger charge is -2.25. The number of hydrogen-bond acceptors (Lipinski definition) is 9. The maximum atomic E-state index is 14.9. The first kappa shape index (κ1) is 27.0. The first-order valence-corrected chi connectivity index (χ1v) is 12.0. The van der Waals surface area contributed by atoms with Crippen LogP contribution in [0.2, 0.25) is 5.02 Å². The monoisotopic (exact) mass is 542 g/mol. The van der Waals surface area contributed by atoms with Crippen LogP contribution >= 0.6 is 11.6 Å². The van der Waals surface area contributed by atoms with Gasteiger partial charge in [0.25, 0.3) is 5.69 Å². The fourth-order valence-corrected chi connectivity index (χ4v) is 5.37. The summed E-state index contributed by atoms with van der Waals surface area (Å²) in [5.41, 5.74) is -0.0372. The van der Waals surface area contributed by atoms with Crippen molar-refractivity contribution in [2.24, 2.45) is 0 Å². The molecule has 3 aromatic rings. The number of benzene rings is 2. The standard InChI is InChI=1S/C21H20ClFN4O8S/c1-9-5-6-14(23)17(10(9)2)11(3)18(19-24-25-21(29)35-19)26-36(32,33)16-8-15(27(30)31)13(22)7-12(16)20(28)34-4/h5-8,11,18,26H,1-4H3,(H,25,29)/t11-,18+/m1/s1. The van der Waals surface area contributed by atoms with Crippen molar-refractivity contribution in [1.82, 2.24) is 14.9 Å². The van der Waals surface area contributed by atoms with Crippen molar-refractivity contribution in [2.75, 3.05) is 7.11 Å². The number of carbonyl (C=O) groups is 1. The Morgan fingerprint density at radius 3 is 2.56 bits per heavy atom. The largest absolute Gasteiger partial charge is 0.465 e. The lowest BCUT2D eigenvalue weighted by atomic mass is 9.88. The van der Waals surface area contributed by atoms with E-state index in [4.69, 9.17) is 16.0 Å². The second-order valence-electron chi connectivity index (χ2n) is 7.79. The predicted molar refractivity (Wildman–Crippen MR) is 124 cm³/mol. The third-order valence-electron chi connectivity index (χ3n) is 5.63. The number of carbonyl (C=O) groups excluding carboxylic acids is 1. The fraction of sp³-hybridized carbons (Fsp3) is 0.286. The number of nitro benzene ring substituents is 1. The number of aromatic amines is 1. The van der Waals surface area contributed by atoms with Gasteiger partial charge in [0.2, 0.25) is 15.9 Å². The summed E-state index contributed by atoms with van der Waals surface area (Å²) < 4.78 is 53.6. The molecule has 0 spiro atoms. The second-order valence-corrected chi connectivity index (χ2v) is 9.88. The van der Waals surface area contributed by atoms with Crippen LogP contribution in [0.25, 0.3) is 0 Å². The minimum absolute atomic E-state index is 0.114. The number of methoxy groups -OCH3 is 1. The minimum atomic E-state index is -4.80. The van der Waals surface area contributed by atoms with Crippen molar-refractivity contribution in [3.05, 3.63) is 83.9 Å². The summed E-state index contributed by atoms with van der Waals surface area (Å²) in [4.78, 5) is 33.5. The number of aromatic nitrogens is 2. The predicted octanol–water partition coefficient (Wildman–Crippen LogP) is 3.29. The molecule has 15 heteroatoms. The highest BCUT2D eigenvalue weighted by Gasteiger charge is 2.36. The number of aryl methyl sites for hydroxylation is 1. The van der Waals surface area contributed by atoms with Crippen LogP contribution in [0.4, 0.5) is 10.1 Å². The number of nitro groups is 1. The van der Waals surface area contributed by atoms with Gasteiger partial charge in [0.05, 0.1) is 17.6 Å². The van der Waals surface area contributed by atoms with Crippen LogP contribution in [0.15, 0.2) is 38.4 Å². The van der Waals surface area contributed by atoms with E-state index in [-0.39, 0.29) is 5.56 Å². The van der Waals surface area contributed by atoms with Gasteiger partial charge >= 0.3 is 11.7 Å². The number of nitrogens with one attached hydrogen (secondary N) is 2. The van der Waals surface area contributed by atoms with E-state index in [0.717, 1.165) is 13.2 Å². The van der Waals surface area contributed by atoms with Gasteiger partial charge in [0, 0.05) is 12.0 Å². The molecule has 3 rings (SSSR count). The van der Waals surface area contributed by atoms with E-state index in [1.807, 2.05) is 5.10 Å². The van der Waals surface area contributed by atoms with Crippen LogP contribution in [0, 0.1) is 29.8 Å². The van der Waals surface area contributed by atoms with Gasteiger partial charge < -0.3 is 9.15 Å². The van der Waals surface area contributed by atoms with Crippen LogP contribution < -0.4 is 10.5 Å². The molecule has 2 N–H and O–H groups in total. The number of esters is 1. The highest BCUT2D eigenvalue weighted by molar-refractivity contribution is 7.89. The number of hydrogen-bond donors (Lipinski definition) is 2. The molecule has 0 aliphatic carbocycles. The maximum absolute atomic E-state index is 14.9. The van der Waals surface area contributed by atoms with Gasteiger partial charge in [-0.15, -0.1) is 5.10 Å². The van der Waals surface area contributed by atoms with Gasteiger partial charge in [-0.25, -0.2) is 27.5 Å². The van der Waals surface area contributed by atoms with Gasteiger partial charge in [-0.3, -0.25) is 10.1 Å². The normalized spacial score (nSPS) is 13.3. The maximum Gasteiger partial charge on any atom is 0.434 e. The van der Waals surface area contributed by atoms with Gasteiger partial charge in [-0.1, -0.05) is 24.6 Å². The number of sulfonamides is 1. The van der Waals surface area contributed by atoms with Crippen molar-refractivity contribution in [1.29, 1.82) is 0 Å². The Morgan fingerprint density at radius 1 is 1.33 bits per heavy atom. The lowest BCUT2D eigenvalue weighted by molar-refractivity contribution is -0.384. The van der Waals surface area contributed by atoms with E-state index >= 15 is 0 Å². The smallest absolute Gasteiger partial charge is 0.434 e. The molecule has 0 fully saturated rings. The molecule has 2 atom stereocenters. The first-order valence-electron chi connectivity index (χ1n) is 10.2. The Morgan fingerprint density at radius 2 is 2.00 bits per heavy atom. The van der Waals surface area contributed by atoms with Crippen LogP contribution in [0.1, 0.15) is 51.8 Å². The molecular formula is C21H20ClFN4O8S. The van der Waals surface area contributed by atoms with Gasteiger partial charge in [0.15, 0.2) is 0 Å². The Labute approximate surface area is 208 Å². The minimum Gasteiger partial charge on any atom is -0.465 e. The van der Waals surface area contributed by atoms with E-state index < -0.39 is 71.5 Å². The van der Waals surface area contributed by atoms with Crippen molar-refractivity contribution in [2.45, 2.75) is 37.6 Å². The molecule has 0 saturated carbocycles. The number of nitrogens with zero attached hydrogens (tertiary/aromatic N) is 2. The summed E-state index contributed by atoms with van der Waals surface area (Å²) in [6.45, 7) is 4.83. The third kappa shape index (κ3) is 5.15. The van der Waals surface area contributed by atoms with Crippen molar-refractivity contribution in [3.8, 4) is 0 Å². The molecule has 0 saturated heterocycles. The third-order valence-corrected chi connectivity index (χ3v) is 7.41. The molecule has 0 aliphatic rings. The Kier molecular flexibility index (Phi) is 7.62. The second kappa shape index (κ2) is 10.2. The zero-order valence-corrected chi connectivity index (χ0v) is 20.9. The molecule has 0 amide bonds. The van der Waals surface area contributed by atoms with E-state index in [0.29, 0.717) is 17.2 Å². The van der Waals surface area contributed by atoms with Crippen LogP contribution in [0.5, 0.6) is 0 Å². The number of H-pyrrole nitrogens is 1. The van der Waals surface area contributed by atoms with Gasteiger partial charge in [-0.2, -0.15) is 4.72 Å². The van der Waals surface area contributed by atoms with Crippen LogP contribution in [0.3, 0.4) is 0 Å². The Hall–Kier alpha value is -3.62. The summed E-state index contributed by atoms with van der Waals surface area (Å²) >= 11 is 5.86. The topological polar surface area (TPSA) is 174 Å². The molecule has 0 radical (unpaired) electrons. The number of ether oxygens (including phenoxy) is 1. The molecule has 2 aromatic carbocycles. The lowest BCUT2D eigenvalue weighted by Crippen LogP contribution is -2.34.